The van der Waals surface area contributed by atoms with Crippen molar-refractivity contribution in [2.24, 2.45) is 0 Å². The number of hydrogen-bond acceptors (Lipinski definition) is 7. The number of nitrogens with zero attached hydrogens (tertiary/aromatic N) is 3. The Hall–Kier alpha value is -2.29. The zero-order chi connectivity index (χ0) is 19.2. The maximum atomic E-state index is 11.6. The number of aromatic nitrogens is 3. The van der Waals surface area contributed by atoms with Crippen LogP contribution in [0.15, 0.2) is 41.7 Å². The van der Waals surface area contributed by atoms with Crippen molar-refractivity contribution in [1.82, 2.24) is 15.0 Å². The summed E-state index contributed by atoms with van der Waals surface area (Å²) in [6.45, 7) is 2.47. The van der Waals surface area contributed by atoms with E-state index in [2.05, 4.69) is 20.3 Å². The van der Waals surface area contributed by atoms with Crippen molar-refractivity contribution in [3.8, 4) is 0 Å². The molecule has 0 unspecified atom stereocenters. The lowest BCUT2D eigenvalue weighted by Gasteiger charge is -2.07. The van der Waals surface area contributed by atoms with Crippen LogP contribution in [0, 0.1) is 6.92 Å². The molecule has 0 amide bonds. The van der Waals surface area contributed by atoms with Gasteiger partial charge in [-0.2, -0.15) is 0 Å². The summed E-state index contributed by atoms with van der Waals surface area (Å²) in [5, 5.41) is 4.87. The van der Waals surface area contributed by atoms with E-state index in [4.69, 9.17) is 11.6 Å². The quantitative estimate of drug-likeness (QED) is 0.534. The standard InChI is InChI=1S/C18H15ClN4O2S2/c1-10-13(19)8-21-18-14(10)15-16(26-18)17(23-9-22-15)20-7-11-3-5-12(6-4-11)27(2,24)25/h3-6,8-9H,7H2,1-2H3,(H,20,22,23). The fourth-order valence-electron chi connectivity index (χ4n) is 2.82. The van der Waals surface area contributed by atoms with Gasteiger partial charge in [0.2, 0.25) is 0 Å². The molecule has 0 saturated carbocycles. The number of sulfone groups is 1. The minimum Gasteiger partial charge on any atom is -0.365 e. The Kier molecular flexibility index (Phi) is 4.49. The number of hydrogen-bond donors (Lipinski definition) is 1. The predicted octanol–water partition coefficient (Wildman–Crippen LogP) is 4.22. The summed E-state index contributed by atoms with van der Waals surface area (Å²) in [6, 6.07) is 6.80. The van der Waals surface area contributed by atoms with E-state index in [9.17, 15) is 8.42 Å². The van der Waals surface area contributed by atoms with Gasteiger partial charge in [-0.25, -0.2) is 23.4 Å². The van der Waals surface area contributed by atoms with Gasteiger partial charge in [0.15, 0.2) is 9.84 Å². The second-order valence-corrected chi connectivity index (χ2v) is 9.61. The highest BCUT2D eigenvalue weighted by molar-refractivity contribution is 7.90. The van der Waals surface area contributed by atoms with Crippen LogP contribution in [0.2, 0.25) is 5.02 Å². The first-order valence-electron chi connectivity index (χ1n) is 8.06. The van der Waals surface area contributed by atoms with Crippen LogP contribution in [0.25, 0.3) is 20.4 Å². The minimum absolute atomic E-state index is 0.304. The molecule has 3 aromatic heterocycles. The highest BCUT2D eigenvalue weighted by Gasteiger charge is 2.15. The topological polar surface area (TPSA) is 84.8 Å². The van der Waals surface area contributed by atoms with Gasteiger partial charge >= 0.3 is 0 Å². The molecular weight excluding hydrogens is 404 g/mol. The molecule has 4 aromatic rings. The number of anilines is 1. The Balaban J connectivity index is 1.67. The third-order valence-electron chi connectivity index (χ3n) is 4.29. The largest absolute Gasteiger partial charge is 0.365 e. The number of nitrogens with one attached hydrogen (secondary N) is 1. The maximum Gasteiger partial charge on any atom is 0.175 e. The van der Waals surface area contributed by atoms with E-state index in [0.717, 1.165) is 31.6 Å². The van der Waals surface area contributed by atoms with E-state index in [-0.39, 0.29) is 0 Å². The first kappa shape index (κ1) is 18.1. The molecule has 1 aromatic carbocycles. The van der Waals surface area contributed by atoms with Crippen molar-refractivity contribution in [3.63, 3.8) is 0 Å². The Bertz CT molecular complexity index is 1270. The molecule has 0 saturated heterocycles. The van der Waals surface area contributed by atoms with Gasteiger partial charge < -0.3 is 5.32 Å². The lowest BCUT2D eigenvalue weighted by molar-refractivity contribution is 0.602. The Morgan fingerprint density at radius 1 is 1.15 bits per heavy atom. The molecule has 27 heavy (non-hydrogen) atoms. The van der Waals surface area contributed by atoms with Gasteiger partial charge in [-0.3, -0.25) is 0 Å². The minimum atomic E-state index is -3.20. The van der Waals surface area contributed by atoms with Crippen molar-refractivity contribution in [1.29, 1.82) is 0 Å². The molecule has 0 aliphatic heterocycles. The van der Waals surface area contributed by atoms with Crippen LogP contribution in [-0.2, 0) is 16.4 Å². The molecule has 138 valence electrons. The molecule has 0 aliphatic rings. The van der Waals surface area contributed by atoms with E-state index in [1.807, 2.05) is 6.92 Å². The Morgan fingerprint density at radius 3 is 2.59 bits per heavy atom. The zero-order valence-electron chi connectivity index (χ0n) is 14.5. The lowest BCUT2D eigenvalue weighted by atomic mass is 10.2. The number of fused-ring (bicyclic) bond motifs is 3. The molecule has 0 bridgehead atoms. The van der Waals surface area contributed by atoms with Gasteiger partial charge in [0.05, 0.1) is 20.1 Å². The van der Waals surface area contributed by atoms with Crippen LogP contribution in [0.4, 0.5) is 5.82 Å². The molecule has 0 aliphatic carbocycles. The monoisotopic (exact) mass is 418 g/mol. The zero-order valence-corrected chi connectivity index (χ0v) is 16.9. The van der Waals surface area contributed by atoms with Crippen molar-refractivity contribution < 1.29 is 8.42 Å². The normalized spacial score (nSPS) is 12.0. The Morgan fingerprint density at radius 2 is 1.89 bits per heavy atom. The van der Waals surface area contributed by atoms with Crippen molar-refractivity contribution in [2.75, 3.05) is 11.6 Å². The first-order chi connectivity index (χ1) is 12.8. The molecule has 4 rings (SSSR count). The third-order valence-corrected chi connectivity index (χ3v) is 6.90. The van der Waals surface area contributed by atoms with E-state index in [0.29, 0.717) is 22.3 Å². The summed E-state index contributed by atoms with van der Waals surface area (Å²) in [7, 11) is -3.20. The predicted molar refractivity (Wildman–Crippen MR) is 109 cm³/mol. The van der Waals surface area contributed by atoms with Crippen LogP contribution >= 0.6 is 22.9 Å². The average Bonchev–Trinajstić information content (AvgIpc) is 3.02. The van der Waals surface area contributed by atoms with Gasteiger partial charge in [-0.1, -0.05) is 23.7 Å². The van der Waals surface area contributed by atoms with Crippen molar-refractivity contribution in [2.45, 2.75) is 18.4 Å². The highest BCUT2D eigenvalue weighted by Crippen LogP contribution is 2.38. The number of benzene rings is 1. The fourth-order valence-corrected chi connectivity index (χ4v) is 4.72. The van der Waals surface area contributed by atoms with Crippen molar-refractivity contribution in [3.05, 3.63) is 52.9 Å². The molecule has 1 N–H and O–H groups in total. The van der Waals surface area contributed by atoms with Gasteiger partial charge in [0.25, 0.3) is 0 Å². The van der Waals surface area contributed by atoms with Gasteiger partial charge in [0, 0.05) is 24.4 Å². The van der Waals surface area contributed by atoms with Gasteiger partial charge in [-0.05, 0) is 30.2 Å². The summed E-state index contributed by atoms with van der Waals surface area (Å²) >= 11 is 7.73. The van der Waals surface area contributed by atoms with E-state index in [1.165, 1.54) is 23.9 Å². The van der Waals surface area contributed by atoms with E-state index >= 15 is 0 Å². The first-order valence-corrected chi connectivity index (χ1v) is 11.1. The molecule has 0 radical (unpaired) electrons. The van der Waals surface area contributed by atoms with Crippen molar-refractivity contribution >= 4 is 59.0 Å². The second-order valence-electron chi connectivity index (χ2n) is 6.18. The summed E-state index contributed by atoms with van der Waals surface area (Å²) in [4.78, 5) is 14.4. The van der Waals surface area contributed by atoms with Gasteiger partial charge in [-0.15, -0.1) is 11.3 Å². The van der Waals surface area contributed by atoms with Crippen LogP contribution < -0.4 is 5.32 Å². The van der Waals surface area contributed by atoms with Crippen LogP contribution in [0.5, 0.6) is 0 Å². The third kappa shape index (κ3) is 3.36. The summed E-state index contributed by atoms with van der Waals surface area (Å²) in [5.41, 5.74) is 2.73. The Labute approximate surface area is 165 Å². The van der Waals surface area contributed by atoms with Crippen LogP contribution in [0.3, 0.4) is 0 Å². The molecule has 9 heteroatoms. The molecule has 0 spiro atoms. The van der Waals surface area contributed by atoms with Crippen LogP contribution in [-0.4, -0.2) is 29.6 Å². The van der Waals surface area contributed by atoms with E-state index < -0.39 is 9.84 Å². The number of thiophene rings is 1. The molecule has 3 heterocycles. The summed E-state index contributed by atoms with van der Waals surface area (Å²) in [6.07, 6.45) is 4.37. The number of rotatable bonds is 4. The smallest absolute Gasteiger partial charge is 0.175 e. The van der Waals surface area contributed by atoms with E-state index in [1.54, 1.807) is 30.5 Å². The summed E-state index contributed by atoms with van der Waals surface area (Å²) in [5.74, 6) is 0.714. The highest BCUT2D eigenvalue weighted by atomic mass is 35.5. The number of halogens is 1. The maximum absolute atomic E-state index is 11.6. The van der Waals surface area contributed by atoms with Crippen LogP contribution in [0.1, 0.15) is 11.1 Å². The number of pyridine rings is 1. The second kappa shape index (κ2) is 6.70. The fraction of sp³-hybridized carbons (Fsp3) is 0.167. The molecule has 0 atom stereocenters. The van der Waals surface area contributed by atoms with Gasteiger partial charge in [0.1, 0.15) is 17.0 Å². The lowest BCUT2D eigenvalue weighted by Crippen LogP contribution is -2.03. The number of aryl methyl sites for hydroxylation is 1. The molecular formula is C18H15ClN4O2S2. The average molecular weight is 419 g/mol. The summed E-state index contributed by atoms with van der Waals surface area (Å²) < 4.78 is 24.0. The molecule has 0 fully saturated rings. The SMILES string of the molecule is Cc1c(Cl)cnc2sc3c(NCc4ccc(S(C)(=O)=O)cc4)ncnc3c12. The molecule has 6 nitrogen and oxygen atoms in total.